The van der Waals surface area contributed by atoms with Gasteiger partial charge >= 0.3 is 0 Å². The zero-order valence-corrected chi connectivity index (χ0v) is 17.8. The zero-order valence-electron chi connectivity index (χ0n) is 15.4. The van der Waals surface area contributed by atoms with E-state index in [1.807, 2.05) is 30.3 Å². The van der Waals surface area contributed by atoms with Crippen molar-refractivity contribution < 1.29 is 17.6 Å². The molecule has 0 fully saturated rings. The average molecular weight is 473 g/mol. The standard InChI is InChI=1S/C21H17BrN2O4S/c1-29(26,27)24(16-6-4-5-14(22)11-16)13-21(25)23-15-9-10-18-17-7-2-3-8-19(17)28-20(18)12-15/h2-12H,13H2,1H3,(H,23,25). The number of fused-ring (bicyclic) bond motifs is 3. The van der Waals surface area contributed by atoms with Crippen LogP contribution in [0.3, 0.4) is 0 Å². The molecule has 0 spiro atoms. The van der Waals surface area contributed by atoms with Crippen molar-refractivity contribution in [3.63, 3.8) is 0 Å². The third kappa shape index (κ3) is 4.13. The summed E-state index contributed by atoms with van der Waals surface area (Å²) >= 11 is 3.32. The van der Waals surface area contributed by atoms with Gasteiger partial charge in [0.2, 0.25) is 15.9 Å². The van der Waals surface area contributed by atoms with Crippen LogP contribution in [0, 0.1) is 0 Å². The molecule has 1 amide bonds. The molecule has 0 aliphatic heterocycles. The van der Waals surface area contributed by atoms with Crippen LogP contribution < -0.4 is 9.62 Å². The van der Waals surface area contributed by atoms with Crippen molar-refractivity contribution in [3.05, 3.63) is 71.2 Å². The first-order valence-electron chi connectivity index (χ1n) is 8.76. The summed E-state index contributed by atoms with van der Waals surface area (Å²) in [6, 6.07) is 19.9. The minimum absolute atomic E-state index is 0.340. The Bertz CT molecular complexity index is 1330. The molecule has 0 unspecified atom stereocenters. The molecule has 148 valence electrons. The number of carbonyl (C=O) groups is 1. The quantitative estimate of drug-likeness (QED) is 0.454. The Labute approximate surface area is 176 Å². The van der Waals surface area contributed by atoms with Crippen molar-refractivity contribution in [3.8, 4) is 0 Å². The fourth-order valence-electron chi connectivity index (χ4n) is 3.17. The second-order valence-electron chi connectivity index (χ2n) is 6.61. The highest BCUT2D eigenvalue weighted by Crippen LogP contribution is 2.30. The fraction of sp³-hybridized carbons (Fsp3) is 0.0952. The fourth-order valence-corrected chi connectivity index (χ4v) is 4.40. The number of rotatable bonds is 5. The van der Waals surface area contributed by atoms with Gasteiger partial charge in [0, 0.05) is 27.0 Å². The molecular weight excluding hydrogens is 456 g/mol. The second kappa shape index (κ2) is 7.53. The van der Waals surface area contributed by atoms with Crippen LogP contribution in [0.4, 0.5) is 11.4 Å². The van der Waals surface area contributed by atoms with E-state index in [9.17, 15) is 13.2 Å². The lowest BCUT2D eigenvalue weighted by molar-refractivity contribution is -0.114. The molecule has 1 aromatic heterocycles. The van der Waals surface area contributed by atoms with Crippen LogP contribution >= 0.6 is 15.9 Å². The molecule has 0 saturated heterocycles. The van der Waals surface area contributed by atoms with Crippen molar-refractivity contribution in [1.29, 1.82) is 0 Å². The van der Waals surface area contributed by atoms with E-state index in [0.717, 1.165) is 31.4 Å². The van der Waals surface area contributed by atoms with Crippen LogP contribution in [0.25, 0.3) is 21.9 Å². The van der Waals surface area contributed by atoms with E-state index in [1.54, 1.807) is 36.4 Å². The van der Waals surface area contributed by atoms with Crippen molar-refractivity contribution in [2.45, 2.75) is 0 Å². The molecule has 0 bridgehead atoms. The van der Waals surface area contributed by atoms with Gasteiger partial charge in [-0.1, -0.05) is 40.2 Å². The Kier molecular flexibility index (Phi) is 5.06. The molecule has 29 heavy (non-hydrogen) atoms. The van der Waals surface area contributed by atoms with E-state index < -0.39 is 15.9 Å². The van der Waals surface area contributed by atoms with Crippen molar-refractivity contribution >= 4 is 65.2 Å². The first kappa shape index (κ1) is 19.5. The summed E-state index contributed by atoms with van der Waals surface area (Å²) in [5, 5.41) is 4.70. The third-order valence-electron chi connectivity index (χ3n) is 4.45. The highest BCUT2D eigenvalue weighted by atomic mass is 79.9. The molecule has 4 aromatic rings. The van der Waals surface area contributed by atoms with Gasteiger partial charge in [0.05, 0.1) is 11.9 Å². The van der Waals surface area contributed by atoms with E-state index in [0.29, 0.717) is 17.0 Å². The Morgan fingerprint density at radius 3 is 2.52 bits per heavy atom. The van der Waals surface area contributed by atoms with Gasteiger partial charge in [0.15, 0.2) is 0 Å². The largest absolute Gasteiger partial charge is 0.456 e. The first-order chi connectivity index (χ1) is 13.8. The summed E-state index contributed by atoms with van der Waals surface area (Å²) in [5.41, 5.74) is 2.36. The maximum Gasteiger partial charge on any atom is 0.245 e. The van der Waals surface area contributed by atoms with Crippen molar-refractivity contribution in [1.82, 2.24) is 0 Å². The highest BCUT2D eigenvalue weighted by Gasteiger charge is 2.21. The summed E-state index contributed by atoms with van der Waals surface area (Å²) < 4.78 is 32.1. The molecule has 1 N–H and O–H groups in total. The minimum Gasteiger partial charge on any atom is -0.456 e. The topological polar surface area (TPSA) is 79.6 Å². The number of nitrogens with one attached hydrogen (secondary N) is 1. The molecule has 8 heteroatoms. The van der Waals surface area contributed by atoms with E-state index in [4.69, 9.17) is 4.42 Å². The van der Waals surface area contributed by atoms with Crippen LogP contribution in [0.15, 0.2) is 75.6 Å². The Balaban J connectivity index is 1.58. The molecule has 0 aliphatic carbocycles. The predicted octanol–water partition coefficient (Wildman–Crippen LogP) is 4.75. The maximum atomic E-state index is 12.6. The van der Waals surface area contributed by atoms with E-state index in [2.05, 4.69) is 21.2 Å². The van der Waals surface area contributed by atoms with Gasteiger partial charge in [-0.15, -0.1) is 0 Å². The van der Waals surface area contributed by atoms with Gasteiger partial charge in [-0.05, 0) is 36.4 Å². The Hall–Kier alpha value is -2.84. The number of carbonyl (C=O) groups excluding carboxylic acids is 1. The number of halogens is 1. The molecule has 0 atom stereocenters. The van der Waals surface area contributed by atoms with Crippen LogP contribution in [0.1, 0.15) is 0 Å². The lowest BCUT2D eigenvalue weighted by atomic mass is 10.1. The Morgan fingerprint density at radius 1 is 1.00 bits per heavy atom. The van der Waals surface area contributed by atoms with E-state index >= 15 is 0 Å². The lowest BCUT2D eigenvalue weighted by Gasteiger charge is -2.22. The molecule has 0 aliphatic rings. The average Bonchev–Trinajstić information content (AvgIpc) is 3.03. The first-order valence-corrected chi connectivity index (χ1v) is 11.4. The number of furan rings is 1. The van der Waals surface area contributed by atoms with E-state index in [1.165, 1.54) is 0 Å². The van der Waals surface area contributed by atoms with E-state index in [-0.39, 0.29) is 6.54 Å². The van der Waals surface area contributed by atoms with Crippen LogP contribution in [0.5, 0.6) is 0 Å². The Morgan fingerprint density at radius 2 is 1.76 bits per heavy atom. The predicted molar refractivity (Wildman–Crippen MR) is 119 cm³/mol. The summed E-state index contributed by atoms with van der Waals surface area (Å²) in [6.45, 7) is -0.340. The number of benzene rings is 3. The van der Waals surface area contributed by atoms with Crippen LogP contribution in [-0.4, -0.2) is 27.1 Å². The lowest BCUT2D eigenvalue weighted by Crippen LogP contribution is -2.37. The summed E-state index contributed by atoms with van der Waals surface area (Å²) in [4.78, 5) is 12.6. The van der Waals surface area contributed by atoms with Crippen molar-refractivity contribution in [2.75, 3.05) is 22.4 Å². The number of hydrogen-bond donors (Lipinski definition) is 1. The monoisotopic (exact) mass is 472 g/mol. The number of nitrogens with zero attached hydrogens (tertiary/aromatic N) is 1. The molecular formula is C21H17BrN2O4S. The summed E-state index contributed by atoms with van der Waals surface area (Å²) in [6.07, 6.45) is 1.07. The zero-order chi connectivity index (χ0) is 20.6. The van der Waals surface area contributed by atoms with Crippen molar-refractivity contribution in [2.24, 2.45) is 0 Å². The third-order valence-corrected chi connectivity index (χ3v) is 6.08. The van der Waals surface area contributed by atoms with Gasteiger partial charge < -0.3 is 9.73 Å². The SMILES string of the molecule is CS(=O)(=O)N(CC(=O)Nc1ccc2c(c1)oc1ccccc12)c1cccc(Br)c1. The number of hydrogen-bond acceptors (Lipinski definition) is 4. The smallest absolute Gasteiger partial charge is 0.245 e. The molecule has 1 heterocycles. The van der Waals surface area contributed by atoms with Gasteiger partial charge in [-0.25, -0.2) is 8.42 Å². The van der Waals surface area contributed by atoms with Gasteiger partial charge in [-0.2, -0.15) is 0 Å². The second-order valence-corrected chi connectivity index (χ2v) is 9.43. The highest BCUT2D eigenvalue weighted by molar-refractivity contribution is 9.10. The van der Waals surface area contributed by atoms with Gasteiger partial charge in [0.25, 0.3) is 0 Å². The normalized spacial score (nSPS) is 11.7. The maximum absolute atomic E-state index is 12.6. The summed E-state index contributed by atoms with van der Waals surface area (Å²) in [7, 11) is -3.64. The number of sulfonamides is 1. The molecule has 0 saturated carbocycles. The molecule has 3 aromatic carbocycles. The minimum atomic E-state index is -3.64. The van der Waals surface area contributed by atoms with Gasteiger partial charge in [0.1, 0.15) is 17.7 Å². The molecule has 6 nitrogen and oxygen atoms in total. The van der Waals surface area contributed by atoms with Crippen LogP contribution in [0.2, 0.25) is 0 Å². The number of amides is 1. The van der Waals surface area contributed by atoms with Gasteiger partial charge in [-0.3, -0.25) is 9.10 Å². The summed E-state index contributed by atoms with van der Waals surface area (Å²) in [5.74, 6) is -0.453. The van der Waals surface area contributed by atoms with Crippen LogP contribution in [-0.2, 0) is 14.8 Å². The number of anilines is 2. The molecule has 4 rings (SSSR count). The number of para-hydroxylation sites is 1. The molecule has 0 radical (unpaired) electrons.